The number of rotatable bonds is 0. The summed E-state index contributed by atoms with van der Waals surface area (Å²) in [4.78, 5) is 19.1. The molecule has 1 N–H and O–H groups in total. The van der Waals surface area contributed by atoms with Crippen LogP contribution in [0.2, 0.25) is 5.15 Å². The number of carbonyl (C=O) groups excluding carboxylic acids is 1. The molecule has 0 fully saturated rings. The van der Waals surface area contributed by atoms with Gasteiger partial charge in [0.05, 0.1) is 5.69 Å². The van der Waals surface area contributed by atoms with E-state index in [-0.39, 0.29) is 11.1 Å². The Kier molecular flexibility index (Phi) is 2.21. The van der Waals surface area contributed by atoms with Gasteiger partial charge >= 0.3 is 0 Å². The van der Waals surface area contributed by atoms with Crippen LogP contribution in [0.15, 0.2) is 4.60 Å². The Morgan fingerprint density at radius 3 is 2.92 bits per heavy atom. The molecule has 2 heterocycles. The van der Waals surface area contributed by atoms with Crippen molar-refractivity contribution in [1.29, 1.82) is 0 Å². The molecule has 1 amide bonds. The molecule has 1 aliphatic heterocycles. The van der Waals surface area contributed by atoms with Crippen molar-refractivity contribution in [3.05, 3.63) is 15.5 Å². The SMILES string of the molecule is O=C1CCc2nc(Br)c(Cl)nc2N1. The Balaban J connectivity index is 2.49. The van der Waals surface area contributed by atoms with Crippen LogP contribution in [0, 0.1) is 0 Å². The van der Waals surface area contributed by atoms with Crippen LogP contribution in [0.1, 0.15) is 12.1 Å². The highest BCUT2D eigenvalue weighted by atomic mass is 79.9. The number of nitrogens with zero attached hydrogens (tertiary/aromatic N) is 2. The topological polar surface area (TPSA) is 54.9 Å². The van der Waals surface area contributed by atoms with E-state index in [4.69, 9.17) is 11.6 Å². The molecule has 1 aromatic rings. The van der Waals surface area contributed by atoms with E-state index in [1.54, 1.807) is 0 Å². The fraction of sp³-hybridized carbons (Fsp3) is 0.286. The van der Waals surface area contributed by atoms with Gasteiger partial charge in [-0.1, -0.05) is 11.6 Å². The number of carbonyl (C=O) groups is 1. The van der Waals surface area contributed by atoms with E-state index in [1.807, 2.05) is 0 Å². The summed E-state index contributed by atoms with van der Waals surface area (Å²) in [6.07, 6.45) is 1.07. The van der Waals surface area contributed by atoms with Gasteiger partial charge in [-0.25, -0.2) is 9.97 Å². The first-order valence-corrected chi connectivity index (χ1v) is 4.85. The lowest BCUT2D eigenvalue weighted by atomic mass is 10.1. The van der Waals surface area contributed by atoms with Gasteiger partial charge in [0.15, 0.2) is 11.0 Å². The second-order valence-corrected chi connectivity index (χ2v) is 3.76. The summed E-state index contributed by atoms with van der Waals surface area (Å²) in [5.41, 5.74) is 0.774. The van der Waals surface area contributed by atoms with Gasteiger partial charge < -0.3 is 5.32 Å². The van der Waals surface area contributed by atoms with Gasteiger partial charge in [0.1, 0.15) is 4.60 Å². The molecule has 0 bridgehead atoms. The third kappa shape index (κ3) is 1.66. The van der Waals surface area contributed by atoms with Crippen LogP contribution >= 0.6 is 27.5 Å². The minimum atomic E-state index is -0.0415. The summed E-state index contributed by atoms with van der Waals surface area (Å²) in [7, 11) is 0. The summed E-state index contributed by atoms with van der Waals surface area (Å²) in [5, 5.41) is 2.87. The standard InChI is InChI=1S/C7H5BrClN3O/c8-5-6(9)12-7-3(10-5)1-2-4(13)11-7/h1-2H2,(H,11,12,13). The van der Waals surface area contributed by atoms with Gasteiger partial charge in [-0.05, 0) is 15.9 Å². The first kappa shape index (κ1) is 8.90. The molecule has 0 spiro atoms. The molecule has 0 atom stereocenters. The zero-order chi connectivity index (χ0) is 9.42. The molecule has 13 heavy (non-hydrogen) atoms. The van der Waals surface area contributed by atoms with Crippen LogP contribution in [-0.4, -0.2) is 15.9 Å². The predicted octanol–water partition coefficient (Wildman–Crippen LogP) is 1.78. The Morgan fingerprint density at radius 1 is 1.38 bits per heavy atom. The summed E-state index contributed by atoms with van der Waals surface area (Å²) >= 11 is 8.89. The minimum Gasteiger partial charge on any atom is -0.309 e. The van der Waals surface area contributed by atoms with E-state index in [0.717, 1.165) is 5.69 Å². The zero-order valence-corrected chi connectivity index (χ0v) is 8.81. The Hall–Kier alpha value is -0.680. The second-order valence-electron chi connectivity index (χ2n) is 2.65. The minimum absolute atomic E-state index is 0.0415. The Morgan fingerprint density at radius 2 is 2.15 bits per heavy atom. The largest absolute Gasteiger partial charge is 0.309 e. The molecule has 2 rings (SSSR count). The van der Waals surface area contributed by atoms with E-state index in [2.05, 4.69) is 31.2 Å². The third-order valence-corrected chi connectivity index (χ3v) is 2.78. The number of anilines is 1. The normalized spacial score (nSPS) is 15.1. The fourth-order valence-electron chi connectivity index (χ4n) is 1.13. The van der Waals surface area contributed by atoms with Gasteiger partial charge in [-0.3, -0.25) is 4.79 Å². The highest BCUT2D eigenvalue weighted by Gasteiger charge is 2.18. The van der Waals surface area contributed by atoms with Gasteiger partial charge in [0.2, 0.25) is 5.91 Å². The molecule has 0 saturated carbocycles. The lowest BCUT2D eigenvalue weighted by Gasteiger charge is -2.14. The molecule has 0 aromatic carbocycles. The average molecular weight is 262 g/mol. The number of nitrogens with one attached hydrogen (secondary N) is 1. The molecule has 1 aliphatic rings. The fourth-order valence-corrected chi connectivity index (χ4v) is 1.56. The van der Waals surface area contributed by atoms with Crippen molar-refractivity contribution in [2.24, 2.45) is 0 Å². The molecule has 1 aromatic heterocycles. The van der Waals surface area contributed by atoms with E-state index < -0.39 is 0 Å². The lowest BCUT2D eigenvalue weighted by Crippen LogP contribution is -2.21. The predicted molar refractivity (Wildman–Crippen MR) is 51.7 cm³/mol. The molecule has 4 nitrogen and oxygen atoms in total. The van der Waals surface area contributed by atoms with E-state index in [9.17, 15) is 4.79 Å². The number of fused-ring (bicyclic) bond motifs is 1. The maximum Gasteiger partial charge on any atom is 0.225 e. The van der Waals surface area contributed by atoms with Gasteiger partial charge in [0.25, 0.3) is 0 Å². The average Bonchev–Trinajstić information content (AvgIpc) is 2.08. The molecular weight excluding hydrogens is 257 g/mol. The van der Waals surface area contributed by atoms with Crippen LogP contribution < -0.4 is 5.32 Å². The molecule has 68 valence electrons. The van der Waals surface area contributed by atoms with E-state index >= 15 is 0 Å². The van der Waals surface area contributed by atoms with Crippen molar-refractivity contribution < 1.29 is 4.79 Å². The van der Waals surface area contributed by atoms with Gasteiger partial charge in [-0.15, -0.1) is 0 Å². The van der Waals surface area contributed by atoms with Gasteiger partial charge in [-0.2, -0.15) is 0 Å². The molecule has 0 radical (unpaired) electrons. The van der Waals surface area contributed by atoms with Crippen molar-refractivity contribution in [2.75, 3.05) is 5.32 Å². The van der Waals surface area contributed by atoms with Gasteiger partial charge in [0, 0.05) is 12.8 Å². The molecule has 0 aliphatic carbocycles. The number of amides is 1. The van der Waals surface area contributed by atoms with E-state index in [1.165, 1.54) is 0 Å². The number of aromatic nitrogens is 2. The third-order valence-electron chi connectivity index (χ3n) is 1.73. The molecule has 6 heteroatoms. The van der Waals surface area contributed by atoms with E-state index in [0.29, 0.717) is 23.3 Å². The molecule has 0 unspecified atom stereocenters. The van der Waals surface area contributed by atoms with Crippen LogP contribution in [0.5, 0.6) is 0 Å². The smallest absolute Gasteiger partial charge is 0.225 e. The van der Waals surface area contributed by atoms with Crippen LogP contribution in [0.3, 0.4) is 0 Å². The van der Waals surface area contributed by atoms with Crippen molar-refractivity contribution >= 4 is 39.3 Å². The highest BCUT2D eigenvalue weighted by Crippen LogP contribution is 2.25. The first-order chi connectivity index (χ1) is 6.16. The van der Waals surface area contributed by atoms with Crippen molar-refractivity contribution in [2.45, 2.75) is 12.8 Å². The first-order valence-electron chi connectivity index (χ1n) is 3.68. The summed E-state index contributed by atoms with van der Waals surface area (Å²) in [6, 6.07) is 0. The monoisotopic (exact) mass is 261 g/mol. The molecular formula is C7H5BrClN3O. The lowest BCUT2D eigenvalue weighted by molar-refractivity contribution is -0.116. The van der Waals surface area contributed by atoms with Crippen LogP contribution in [0.4, 0.5) is 5.82 Å². The van der Waals surface area contributed by atoms with Crippen LogP contribution in [-0.2, 0) is 11.2 Å². The second kappa shape index (κ2) is 3.23. The van der Waals surface area contributed by atoms with Crippen molar-refractivity contribution in [3.63, 3.8) is 0 Å². The number of hydrogen-bond acceptors (Lipinski definition) is 3. The maximum atomic E-state index is 11.0. The number of hydrogen-bond donors (Lipinski definition) is 1. The summed E-state index contributed by atoms with van der Waals surface area (Å²) < 4.78 is 0.518. The Bertz CT molecular complexity index is 382. The highest BCUT2D eigenvalue weighted by molar-refractivity contribution is 9.10. The zero-order valence-electron chi connectivity index (χ0n) is 6.47. The summed E-state index contributed by atoms with van der Waals surface area (Å²) in [5.74, 6) is 0.435. The maximum absolute atomic E-state index is 11.0. The summed E-state index contributed by atoms with van der Waals surface area (Å²) in [6.45, 7) is 0. The quantitative estimate of drug-likeness (QED) is 0.775. The van der Waals surface area contributed by atoms with Crippen molar-refractivity contribution in [1.82, 2.24) is 9.97 Å². The van der Waals surface area contributed by atoms with Crippen molar-refractivity contribution in [3.8, 4) is 0 Å². The van der Waals surface area contributed by atoms with Crippen LogP contribution in [0.25, 0.3) is 0 Å². The Labute approximate surface area is 87.8 Å². The number of halogens is 2. The number of aryl methyl sites for hydroxylation is 1. The molecule has 0 saturated heterocycles.